The van der Waals surface area contributed by atoms with Crippen LogP contribution >= 0.6 is 0 Å². The largest absolute Gasteiger partial charge is 0.549 e. The first-order valence-corrected chi connectivity index (χ1v) is 2.04. The normalized spacial score (nSPS) is 11.4. The monoisotopic (exact) mass is 142 g/mol. The first kappa shape index (κ1) is 8.45. The van der Waals surface area contributed by atoms with Gasteiger partial charge in [0.1, 0.15) is 6.61 Å². The molecule has 0 bridgehead atoms. The smallest absolute Gasteiger partial charge is 0.225 e. The van der Waals surface area contributed by atoms with Gasteiger partial charge in [0.15, 0.2) is 0 Å². The Balaban J connectivity index is 3.17. The lowest BCUT2D eigenvalue weighted by molar-refractivity contribution is -0.480. The van der Waals surface area contributed by atoms with Crippen molar-refractivity contribution in [2.75, 3.05) is 6.61 Å². The van der Waals surface area contributed by atoms with Crippen molar-refractivity contribution in [1.82, 2.24) is 0 Å². The van der Waals surface area contributed by atoms with Crippen LogP contribution in [0.15, 0.2) is 12.7 Å². The molecular weight excluding hydrogens is 137 g/mol. The summed E-state index contributed by atoms with van der Waals surface area (Å²) in [5.41, 5.74) is 0. The highest BCUT2D eigenvalue weighted by Crippen LogP contribution is 2.15. The van der Waals surface area contributed by atoms with Gasteiger partial charge >= 0.3 is 6.36 Å². The van der Waals surface area contributed by atoms with Crippen LogP contribution in [-0.4, -0.2) is 13.0 Å². The Morgan fingerprint density at radius 2 is 2.00 bits per heavy atom. The van der Waals surface area contributed by atoms with E-state index in [9.17, 15) is 13.2 Å². The van der Waals surface area contributed by atoms with Crippen molar-refractivity contribution in [3.05, 3.63) is 12.7 Å². The van der Waals surface area contributed by atoms with Gasteiger partial charge in [-0.25, -0.2) is 4.89 Å². The van der Waals surface area contributed by atoms with Crippen molar-refractivity contribution in [2.24, 2.45) is 0 Å². The molecule has 0 N–H and O–H groups in total. The molecule has 0 aliphatic heterocycles. The van der Waals surface area contributed by atoms with Gasteiger partial charge in [-0.2, -0.15) is 0 Å². The molecule has 0 rings (SSSR count). The van der Waals surface area contributed by atoms with E-state index in [0.29, 0.717) is 0 Å². The second-order valence-electron chi connectivity index (χ2n) is 1.10. The summed E-state index contributed by atoms with van der Waals surface area (Å²) in [5, 5.41) is 0. The van der Waals surface area contributed by atoms with Gasteiger partial charge in [-0.05, 0) is 0 Å². The highest BCUT2D eigenvalue weighted by Gasteiger charge is 2.30. The van der Waals surface area contributed by atoms with Crippen LogP contribution in [-0.2, 0) is 9.78 Å². The molecule has 2 nitrogen and oxygen atoms in total. The topological polar surface area (TPSA) is 18.5 Å². The van der Waals surface area contributed by atoms with Crippen LogP contribution in [0.4, 0.5) is 13.2 Å². The fraction of sp³-hybridized carbons (Fsp3) is 0.500. The lowest BCUT2D eigenvalue weighted by Gasteiger charge is -2.02. The summed E-state index contributed by atoms with van der Waals surface area (Å²) in [4.78, 5) is 6.50. The number of alkyl halides is 3. The predicted molar refractivity (Wildman–Crippen MR) is 23.3 cm³/mol. The second kappa shape index (κ2) is 3.47. The van der Waals surface area contributed by atoms with Crippen LogP contribution in [0.2, 0.25) is 0 Å². The van der Waals surface area contributed by atoms with E-state index in [4.69, 9.17) is 0 Å². The Morgan fingerprint density at radius 3 is 2.33 bits per heavy atom. The van der Waals surface area contributed by atoms with Crippen molar-refractivity contribution in [2.45, 2.75) is 6.36 Å². The molecule has 0 saturated heterocycles. The van der Waals surface area contributed by atoms with Crippen LogP contribution < -0.4 is 0 Å². The van der Waals surface area contributed by atoms with Crippen molar-refractivity contribution in [3.8, 4) is 0 Å². The summed E-state index contributed by atoms with van der Waals surface area (Å²) in [5.74, 6) is 0. The first-order chi connectivity index (χ1) is 4.06. The highest BCUT2D eigenvalue weighted by atomic mass is 19.4. The first-order valence-electron chi connectivity index (χ1n) is 2.04. The van der Waals surface area contributed by atoms with Gasteiger partial charge in [-0.3, -0.25) is 0 Å². The minimum absolute atomic E-state index is 0.278. The van der Waals surface area contributed by atoms with E-state index < -0.39 is 6.36 Å². The minimum atomic E-state index is -4.72. The fourth-order valence-corrected chi connectivity index (χ4v) is 0.149. The van der Waals surface area contributed by atoms with Crippen molar-refractivity contribution < 1.29 is 22.9 Å². The van der Waals surface area contributed by atoms with Crippen LogP contribution in [0.3, 0.4) is 0 Å². The molecule has 54 valence electrons. The standard InChI is InChI=1S/C4H5F3O2/c1-2-3-8-9-4(5,6)7/h2H,1,3H2. The zero-order valence-electron chi connectivity index (χ0n) is 4.44. The maximum absolute atomic E-state index is 11.0. The molecule has 9 heavy (non-hydrogen) atoms. The summed E-state index contributed by atoms with van der Waals surface area (Å²) >= 11 is 0. The maximum atomic E-state index is 11.0. The van der Waals surface area contributed by atoms with E-state index >= 15 is 0 Å². The van der Waals surface area contributed by atoms with Crippen LogP contribution in [0.5, 0.6) is 0 Å². The molecule has 0 heterocycles. The van der Waals surface area contributed by atoms with E-state index in [0.717, 1.165) is 6.08 Å². The second-order valence-corrected chi connectivity index (χ2v) is 1.10. The van der Waals surface area contributed by atoms with Crippen LogP contribution in [0.25, 0.3) is 0 Å². The predicted octanol–water partition coefficient (Wildman–Crippen LogP) is 1.64. The minimum Gasteiger partial charge on any atom is -0.225 e. The summed E-state index contributed by atoms with van der Waals surface area (Å²) in [7, 11) is 0. The van der Waals surface area contributed by atoms with Gasteiger partial charge < -0.3 is 0 Å². The van der Waals surface area contributed by atoms with E-state index in [1.54, 1.807) is 0 Å². The SMILES string of the molecule is C=CCOOC(F)(F)F. The summed E-state index contributed by atoms with van der Waals surface area (Å²) in [6, 6.07) is 0. The van der Waals surface area contributed by atoms with Crippen molar-refractivity contribution in [3.63, 3.8) is 0 Å². The van der Waals surface area contributed by atoms with Gasteiger partial charge in [0.2, 0.25) is 0 Å². The quantitative estimate of drug-likeness (QED) is 0.258. The molecule has 0 unspecified atom stereocenters. The Hall–Kier alpha value is -0.550. The lowest BCUT2D eigenvalue weighted by Crippen LogP contribution is -2.13. The molecule has 0 radical (unpaired) electrons. The lowest BCUT2D eigenvalue weighted by atomic mass is 10.7. The molecule has 0 aromatic carbocycles. The van der Waals surface area contributed by atoms with Crippen molar-refractivity contribution in [1.29, 1.82) is 0 Å². The summed E-state index contributed by atoms with van der Waals surface area (Å²) in [6.45, 7) is 2.83. The summed E-state index contributed by atoms with van der Waals surface area (Å²) in [6.07, 6.45) is -3.57. The molecule has 0 atom stereocenters. The Kier molecular flexibility index (Phi) is 3.26. The third kappa shape index (κ3) is 7.45. The number of rotatable bonds is 3. The molecule has 0 aliphatic carbocycles. The highest BCUT2D eigenvalue weighted by molar-refractivity contribution is 4.62. The molecular formula is C4H5F3O2. The Morgan fingerprint density at radius 1 is 1.44 bits per heavy atom. The van der Waals surface area contributed by atoms with Gasteiger partial charge in [0.25, 0.3) is 0 Å². The molecule has 0 spiro atoms. The maximum Gasteiger partial charge on any atom is 0.549 e. The van der Waals surface area contributed by atoms with E-state index in [1.165, 1.54) is 0 Å². The molecule has 0 saturated carbocycles. The average Bonchev–Trinajstić information content (AvgIpc) is 1.63. The van der Waals surface area contributed by atoms with Gasteiger partial charge in [-0.1, -0.05) is 6.08 Å². The third-order valence-corrected chi connectivity index (χ3v) is 0.339. The molecule has 0 aromatic heterocycles. The van der Waals surface area contributed by atoms with Crippen molar-refractivity contribution >= 4 is 0 Å². The summed E-state index contributed by atoms with van der Waals surface area (Å²) < 4.78 is 33.0. The zero-order valence-corrected chi connectivity index (χ0v) is 4.44. The molecule has 0 fully saturated rings. The fourth-order valence-electron chi connectivity index (χ4n) is 0.149. The van der Waals surface area contributed by atoms with E-state index in [1.807, 2.05) is 0 Å². The third-order valence-electron chi connectivity index (χ3n) is 0.339. The molecule has 0 aliphatic rings. The average molecular weight is 142 g/mol. The number of hydrogen-bond donors (Lipinski definition) is 0. The van der Waals surface area contributed by atoms with Crippen LogP contribution in [0.1, 0.15) is 0 Å². The van der Waals surface area contributed by atoms with E-state index in [-0.39, 0.29) is 6.61 Å². The number of hydrogen-bond acceptors (Lipinski definition) is 2. The van der Waals surface area contributed by atoms with Gasteiger partial charge in [0, 0.05) is 0 Å². The Bertz CT molecular complexity index is 88.3. The van der Waals surface area contributed by atoms with Gasteiger partial charge in [-0.15, -0.1) is 24.6 Å². The molecule has 0 amide bonds. The van der Waals surface area contributed by atoms with Gasteiger partial charge in [0.05, 0.1) is 0 Å². The molecule has 0 aromatic rings. The zero-order chi connectivity index (χ0) is 7.33. The van der Waals surface area contributed by atoms with E-state index in [2.05, 4.69) is 16.4 Å². The molecule has 5 heteroatoms. The number of halogens is 3. The van der Waals surface area contributed by atoms with Crippen LogP contribution in [0, 0.1) is 0 Å². The Labute approximate surface area is 49.8 Å².